The molecule has 106 valence electrons. The predicted octanol–water partition coefficient (Wildman–Crippen LogP) is 4.50. The van der Waals surface area contributed by atoms with E-state index in [4.69, 9.17) is 16.3 Å². The van der Waals surface area contributed by atoms with Gasteiger partial charge in [-0.25, -0.2) is 4.39 Å². The van der Waals surface area contributed by atoms with Crippen LogP contribution in [0.4, 0.5) is 4.39 Å². The van der Waals surface area contributed by atoms with Crippen LogP contribution >= 0.6 is 11.6 Å². The molecule has 0 fully saturated rings. The van der Waals surface area contributed by atoms with Crippen molar-refractivity contribution in [2.24, 2.45) is 0 Å². The van der Waals surface area contributed by atoms with E-state index in [9.17, 15) is 9.50 Å². The molecule has 2 rings (SSSR count). The molecule has 0 aliphatic rings. The second-order valence-electron chi connectivity index (χ2n) is 4.49. The first-order valence-corrected chi connectivity index (χ1v) is 6.83. The van der Waals surface area contributed by atoms with E-state index in [-0.39, 0.29) is 11.6 Å². The van der Waals surface area contributed by atoms with Gasteiger partial charge in [0.15, 0.2) is 0 Å². The zero-order chi connectivity index (χ0) is 14.5. The smallest absolute Gasteiger partial charge is 0.148 e. The van der Waals surface area contributed by atoms with Crippen molar-refractivity contribution < 1.29 is 14.2 Å². The molecule has 0 saturated carbocycles. The summed E-state index contributed by atoms with van der Waals surface area (Å²) in [4.78, 5) is 0. The van der Waals surface area contributed by atoms with Crippen LogP contribution < -0.4 is 4.74 Å². The number of hydrogen-bond acceptors (Lipinski definition) is 2. The number of aliphatic hydroxyl groups is 1. The summed E-state index contributed by atoms with van der Waals surface area (Å²) in [5, 5.41) is 9.78. The van der Waals surface area contributed by atoms with Gasteiger partial charge >= 0.3 is 0 Å². The van der Waals surface area contributed by atoms with Crippen molar-refractivity contribution in [2.45, 2.75) is 26.1 Å². The Bertz CT molecular complexity index is 569. The van der Waals surface area contributed by atoms with E-state index < -0.39 is 11.9 Å². The fourth-order valence-electron chi connectivity index (χ4n) is 1.84. The molecule has 0 amide bonds. The summed E-state index contributed by atoms with van der Waals surface area (Å²) < 4.78 is 19.2. The number of ether oxygens (including phenoxy) is 1. The van der Waals surface area contributed by atoms with E-state index in [1.54, 1.807) is 36.4 Å². The lowest BCUT2D eigenvalue weighted by molar-refractivity contribution is 0.173. The maximum absolute atomic E-state index is 13.7. The van der Waals surface area contributed by atoms with Gasteiger partial charge in [-0.05, 0) is 30.2 Å². The molecule has 0 bridgehead atoms. The molecule has 0 aromatic heterocycles. The van der Waals surface area contributed by atoms with Crippen LogP contribution in [-0.4, -0.2) is 5.11 Å². The summed E-state index contributed by atoms with van der Waals surface area (Å²) in [6, 6.07) is 11.9. The Hall–Kier alpha value is -1.58. The van der Waals surface area contributed by atoms with Crippen LogP contribution in [0.3, 0.4) is 0 Å². The molecule has 2 aromatic rings. The monoisotopic (exact) mass is 294 g/mol. The van der Waals surface area contributed by atoms with E-state index in [0.29, 0.717) is 17.7 Å². The molecule has 0 unspecified atom stereocenters. The molecule has 20 heavy (non-hydrogen) atoms. The van der Waals surface area contributed by atoms with E-state index in [1.165, 1.54) is 6.07 Å². The average Bonchev–Trinajstić information content (AvgIpc) is 2.48. The lowest BCUT2D eigenvalue weighted by atomic mass is 10.1. The zero-order valence-electron chi connectivity index (χ0n) is 11.1. The number of benzene rings is 2. The van der Waals surface area contributed by atoms with Gasteiger partial charge in [-0.1, -0.05) is 42.8 Å². The molecule has 0 saturated heterocycles. The predicted molar refractivity (Wildman–Crippen MR) is 77.4 cm³/mol. The molecule has 2 aromatic carbocycles. The highest BCUT2D eigenvalue weighted by Crippen LogP contribution is 2.22. The highest BCUT2D eigenvalue weighted by atomic mass is 35.5. The Balaban J connectivity index is 2.02. The first-order valence-electron chi connectivity index (χ1n) is 6.45. The van der Waals surface area contributed by atoms with Crippen LogP contribution in [0.15, 0.2) is 42.5 Å². The van der Waals surface area contributed by atoms with Crippen molar-refractivity contribution in [3.8, 4) is 5.75 Å². The fraction of sp³-hybridized carbons (Fsp3) is 0.250. The second-order valence-corrected chi connectivity index (χ2v) is 4.90. The molecule has 1 N–H and O–H groups in total. The standard InChI is InChI=1S/C16H16ClFO2/c1-2-15(19)11-6-8-13(9-7-11)20-10-12-4-3-5-14(17)16(12)18/h3-9,15,19H,2,10H2,1H3/t15-/m1/s1. The van der Waals surface area contributed by atoms with E-state index in [1.807, 2.05) is 6.92 Å². The summed E-state index contributed by atoms with van der Waals surface area (Å²) in [7, 11) is 0. The second kappa shape index (κ2) is 6.73. The van der Waals surface area contributed by atoms with Crippen LogP contribution in [0.2, 0.25) is 5.02 Å². The molecule has 4 heteroatoms. The normalized spacial score (nSPS) is 12.2. The molecular formula is C16H16ClFO2. The quantitative estimate of drug-likeness (QED) is 0.879. The third kappa shape index (κ3) is 3.50. The minimum Gasteiger partial charge on any atom is -0.489 e. The molecule has 0 heterocycles. The van der Waals surface area contributed by atoms with Gasteiger partial charge in [-0.2, -0.15) is 0 Å². The third-order valence-corrected chi connectivity index (χ3v) is 3.37. The summed E-state index contributed by atoms with van der Waals surface area (Å²) in [5.74, 6) is 0.170. The molecule has 1 atom stereocenters. The third-order valence-electron chi connectivity index (χ3n) is 3.08. The van der Waals surface area contributed by atoms with Gasteiger partial charge in [-0.15, -0.1) is 0 Å². The highest BCUT2D eigenvalue weighted by Gasteiger charge is 2.08. The number of hydrogen-bond donors (Lipinski definition) is 1. The minimum absolute atomic E-state index is 0.0903. The van der Waals surface area contributed by atoms with Gasteiger partial charge in [-0.3, -0.25) is 0 Å². The first kappa shape index (κ1) is 14.8. The summed E-state index contributed by atoms with van der Waals surface area (Å²) in [5.41, 5.74) is 1.25. The molecule has 2 nitrogen and oxygen atoms in total. The van der Waals surface area contributed by atoms with Gasteiger partial charge < -0.3 is 9.84 Å². The Labute approximate surface area is 122 Å². The maximum atomic E-state index is 13.7. The molecule has 0 spiro atoms. The lowest BCUT2D eigenvalue weighted by Crippen LogP contribution is -2.00. The van der Waals surface area contributed by atoms with Crippen LogP contribution in [0.25, 0.3) is 0 Å². The van der Waals surface area contributed by atoms with Gasteiger partial charge in [0.1, 0.15) is 18.2 Å². The Morgan fingerprint density at radius 2 is 1.90 bits per heavy atom. The Morgan fingerprint density at radius 3 is 2.55 bits per heavy atom. The van der Waals surface area contributed by atoms with Crippen LogP contribution in [0.5, 0.6) is 5.75 Å². The first-order chi connectivity index (χ1) is 9.61. The van der Waals surface area contributed by atoms with Crippen LogP contribution in [0.1, 0.15) is 30.6 Å². The van der Waals surface area contributed by atoms with Gasteiger partial charge in [0, 0.05) is 5.56 Å². The van der Waals surface area contributed by atoms with Gasteiger partial charge in [0.05, 0.1) is 11.1 Å². The number of rotatable bonds is 5. The van der Waals surface area contributed by atoms with Crippen molar-refractivity contribution in [2.75, 3.05) is 0 Å². The molecule has 0 aliphatic heterocycles. The largest absolute Gasteiger partial charge is 0.489 e. The van der Waals surface area contributed by atoms with E-state index >= 15 is 0 Å². The van der Waals surface area contributed by atoms with Gasteiger partial charge in [0.25, 0.3) is 0 Å². The van der Waals surface area contributed by atoms with Crippen molar-refractivity contribution in [3.63, 3.8) is 0 Å². The number of halogens is 2. The van der Waals surface area contributed by atoms with Crippen molar-refractivity contribution >= 4 is 11.6 Å². The Kier molecular flexibility index (Phi) is 4.99. The topological polar surface area (TPSA) is 29.5 Å². The molecule has 0 aliphatic carbocycles. The van der Waals surface area contributed by atoms with Crippen LogP contribution in [0, 0.1) is 5.82 Å². The fourth-order valence-corrected chi connectivity index (χ4v) is 2.04. The van der Waals surface area contributed by atoms with Gasteiger partial charge in [0.2, 0.25) is 0 Å². The molecule has 0 radical (unpaired) electrons. The average molecular weight is 295 g/mol. The van der Waals surface area contributed by atoms with Crippen LogP contribution in [-0.2, 0) is 6.61 Å². The highest BCUT2D eigenvalue weighted by molar-refractivity contribution is 6.30. The lowest BCUT2D eigenvalue weighted by Gasteiger charge is -2.11. The van der Waals surface area contributed by atoms with E-state index in [0.717, 1.165) is 5.56 Å². The summed E-state index contributed by atoms with van der Waals surface area (Å²) in [6.07, 6.45) is 0.197. The minimum atomic E-state index is -0.463. The van der Waals surface area contributed by atoms with E-state index in [2.05, 4.69) is 0 Å². The SMILES string of the molecule is CC[C@@H](O)c1ccc(OCc2cccc(Cl)c2F)cc1. The Morgan fingerprint density at radius 1 is 1.20 bits per heavy atom. The summed E-state index contributed by atoms with van der Waals surface area (Å²) >= 11 is 5.71. The zero-order valence-corrected chi connectivity index (χ0v) is 11.9. The van der Waals surface area contributed by atoms with Crippen molar-refractivity contribution in [1.82, 2.24) is 0 Å². The maximum Gasteiger partial charge on any atom is 0.148 e. The molecular weight excluding hydrogens is 279 g/mol. The summed E-state index contributed by atoms with van der Waals surface area (Å²) in [6.45, 7) is 2.03. The van der Waals surface area contributed by atoms with Crippen molar-refractivity contribution in [1.29, 1.82) is 0 Å². The number of aliphatic hydroxyl groups excluding tert-OH is 1. The van der Waals surface area contributed by atoms with Crippen molar-refractivity contribution in [3.05, 3.63) is 64.4 Å².